The molecule has 0 radical (unpaired) electrons. The predicted molar refractivity (Wildman–Crippen MR) is 103 cm³/mol. The summed E-state index contributed by atoms with van der Waals surface area (Å²) in [6, 6.07) is 8.05. The second-order valence-corrected chi connectivity index (χ2v) is 7.29. The fraction of sp³-hybridized carbons (Fsp3) is 0.400. The molecule has 0 atom stereocenters. The lowest BCUT2D eigenvalue weighted by atomic mass is 9.94. The van der Waals surface area contributed by atoms with Gasteiger partial charge in [0.1, 0.15) is 17.1 Å². The van der Waals surface area contributed by atoms with E-state index in [0.717, 1.165) is 28.1 Å². The molecule has 6 nitrogen and oxygen atoms in total. The molecule has 2 aromatic heterocycles. The fourth-order valence-corrected chi connectivity index (χ4v) is 2.68. The molecule has 0 unspecified atom stereocenters. The van der Waals surface area contributed by atoms with Crippen LogP contribution in [0.1, 0.15) is 43.7 Å². The van der Waals surface area contributed by atoms with Crippen LogP contribution in [0.3, 0.4) is 0 Å². The summed E-state index contributed by atoms with van der Waals surface area (Å²) in [5, 5.41) is 7.63. The van der Waals surface area contributed by atoms with Crippen LogP contribution in [-0.2, 0) is 18.5 Å². The van der Waals surface area contributed by atoms with E-state index in [2.05, 4.69) is 54.4 Å². The molecule has 0 saturated heterocycles. The van der Waals surface area contributed by atoms with Crippen LogP contribution in [0.15, 0.2) is 44.3 Å². The van der Waals surface area contributed by atoms with Crippen LogP contribution in [0.25, 0.3) is 11.0 Å². The van der Waals surface area contributed by atoms with Crippen LogP contribution >= 0.6 is 0 Å². The first-order valence-electron chi connectivity index (χ1n) is 8.75. The van der Waals surface area contributed by atoms with Crippen LogP contribution in [-0.4, -0.2) is 18.0 Å². The molecule has 0 aliphatic heterocycles. The Kier molecular flexibility index (Phi) is 5.02. The Morgan fingerprint density at radius 1 is 1.12 bits per heavy atom. The fourth-order valence-electron chi connectivity index (χ4n) is 2.68. The molecule has 3 rings (SSSR count). The number of hydrogen-bond acceptors (Lipinski definition) is 4. The summed E-state index contributed by atoms with van der Waals surface area (Å²) >= 11 is 0. The molecular formula is C20H26N4O2. The first-order chi connectivity index (χ1) is 12.4. The van der Waals surface area contributed by atoms with E-state index in [1.165, 1.54) is 0 Å². The molecule has 0 aliphatic carbocycles. The Hall–Kier alpha value is -2.76. The Morgan fingerprint density at radius 3 is 2.50 bits per heavy atom. The summed E-state index contributed by atoms with van der Waals surface area (Å²) < 4.78 is 11.7. The maximum atomic E-state index is 5.92. The van der Waals surface area contributed by atoms with Crippen molar-refractivity contribution in [2.24, 2.45) is 4.99 Å². The number of aryl methyl sites for hydroxylation is 1. The minimum Gasteiger partial charge on any atom is -0.459 e. The van der Waals surface area contributed by atoms with Crippen LogP contribution < -0.4 is 10.6 Å². The highest BCUT2D eigenvalue weighted by Crippen LogP contribution is 2.25. The number of benzene rings is 1. The zero-order valence-electron chi connectivity index (χ0n) is 16.0. The average molecular weight is 354 g/mol. The van der Waals surface area contributed by atoms with E-state index in [9.17, 15) is 0 Å². The van der Waals surface area contributed by atoms with Gasteiger partial charge in [0, 0.05) is 23.4 Å². The van der Waals surface area contributed by atoms with Gasteiger partial charge in [0.15, 0.2) is 5.96 Å². The Morgan fingerprint density at radius 2 is 1.85 bits per heavy atom. The second kappa shape index (κ2) is 7.23. The largest absolute Gasteiger partial charge is 0.459 e. The van der Waals surface area contributed by atoms with E-state index < -0.39 is 0 Å². The van der Waals surface area contributed by atoms with Crippen molar-refractivity contribution in [2.45, 2.75) is 46.2 Å². The van der Waals surface area contributed by atoms with Crippen molar-refractivity contribution >= 4 is 16.9 Å². The first-order valence-corrected chi connectivity index (χ1v) is 8.75. The van der Waals surface area contributed by atoms with Crippen molar-refractivity contribution in [3.63, 3.8) is 0 Å². The molecule has 138 valence electrons. The average Bonchev–Trinajstić information content (AvgIpc) is 3.21. The first kappa shape index (κ1) is 18.0. The van der Waals surface area contributed by atoms with E-state index in [0.29, 0.717) is 24.9 Å². The quantitative estimate of drug-likeness (QED) is 0.549. The van der Waals surface area contributed by atoms with Crippen LogP contribution in [0, 0.1) is 6.92 Å². The molecule has 0 saturated carbocycles. The van der Waals surface area contributed by atoms with Crippen LogP contribution in [0.4, 0.5) is 0 Å². The molecule has 6 heteroatoms. The molecule has 2 heterocycles. The van der Waals surface area contributed by atoms with Gasteiger partial charge in [0.25, 0.3) is 0 Å². The number of furan rings is 1. The summed E-state index contributed by atoms with van der Waals surface area (Å²) in [5.74, 6) is 3.08. The van der Waals surface area contributed by atoms with Crippen molar-refractivity contribution in [2.75, 3.05) is 7.05 Å². The Labute approximate surface area is 153 Å². The number of aliphatic imine (C=N–C) groups is 1. The molecule has 2 N–H and O–H groups in total. The van der Waals surface area contributed by atoms with Gasteiger partial charge in [-0.3, -0.25) is 4.99 Å². The van der Waals surface area contributed by atoms with Gasteiger partial charge in [-0.25, -0.2) is 4.98 Å². The van der Waals surface area contributed by atoms with E-state index in [-0.39, 0.29) is 5.41 Å². The molecule has 0 bridgehead atoms. The van der Waals surface area contributed by atoms with Gasteiger partial charge in [0.05, 0.1) is 19.3 Å². The normalized spacial score (nSPS) is 12.6. The van der Waals surface area contributed by atoms with Crippen molar-refractivity contribution in [3.05, 3.63) is 53.4 Å². The molecule has 1 aromatic carbocycles. The zero-order valence-corrected chi connectivity index (χ0v) is 16.0. The highest BCUT2D eigenvalue weighted by molar-refractivity contribution is 5.82. The zero-order chi connectivity index (χ0) is 18.7. The molecule has 26 heavy (non-hydrogen) atoms. The number of nitrogens with one attached hydrogen (secondary N) is 2. The van der Waals surface area contributed by atoms with Gasteiger partial charge in [-0.05, 0) is 13.0 Å². The van der Waals surface area contributed by atoms with Gasteiger partial charge in [-0.1, -0.05) is 39.0 Å². The summed E-state index contributed by atoms with van der Waals surface area (Å²) in [5.41, 5.74) is 1.99. The lowest BCUT2D eigenvalue weighted by Crippen LogP contribution is -2.36. The monoisotopic (exact) mass is 354 g/mol. The van der Waals surface area contributed by atoms with Crippen molar-refractivity contribution in [1.29, 1.82) is 0 Å². The summed E-state index contributed by atoms with van der Waals surface area (Å²) in [4.78, 5) is 8.56. The number of para-hydroxylation sites is 1. The van der Waals surface area contributed by atoms with Gasteiger partial charge < -0.3 is 19.5 Å². The number of oxazole rings is 1. The number of aromatic nitrogens is 1. The highest BCUT2D eigenvalue weighted by Gasteiger charge is 2.19. The van der Waals surface area contributed by atoms with E-state index in [1.807, 2.05) is 18.2 Å². The maximum absolute atomic E-state index is 5.92. The lowest BCUT2D eigenvalue weighted by molar-refractivity contribution is 0.379. The third-order valence-corrected chi connectivity index (χ3v) is 4.28. The van der Waals surface area contributed by atoms with Crippen molar-refractivity contribution < 1.29 is 8.83 Å². The molecular weight excluding hydrogens is 328 g/mol. The maximum Gasteiger partial charge on any atom is 0.213 e. The molecule has 0 spiro atoms. The molecule has 0 aliphatic rings. The van der Waals surface area contributed by atoms with Crippen molar-refractivity contribution in [3.8, 4) is 0 Å². The van der Waals surface area contributed by atoms with Gasteiger partial charge in [-0.15, -0.1) is 0 Å². The van der Waals surface area contributed by atoms with E-state index >= 15 is 0 Å². The van der Waals surface area contributed by atoms with Gasteiger partial charge >= 0.3 is 0 Å². The van der Waals surface area contributed by atoms with Crippen LogP contribution in [0.2, 0.25) is 0 Å². The van der Waals surface area contributed by atoms with E-state index in [1.54, 1.807) is 13.2 Å². The molecule has 3 aromatic rings. The standard InChI is InChI=1S/C20H26N4O2/c1-13-14-8-6-7-9-15(14)25-16(13)10-23-19(21-5)24-12-18-22-11-17(26-18)20(2,3)4/h6-9,11H,10,12H2,1-5H3,(H2,21,23,24). The summed E-state index contributed by atoms with van der Waals surface area (Å²) in [6.45, 7) is 9.39. The number of hydrogen-bond donors (Lipinski definition) is 2. The third-order valence-electron chi connectivity index (χ3n) is 4.28. The lowest BCUT2D eigenvalue weighted by Gasteiger charge is -2.13. The molecule has 0 fully saturated rings. The number of rotatable bonds is 4. The topological polar surface area (TPSA) is 75.6 Å². The number of guanidine groups is 1. The number of nitrogens with zero attached hydrogens (tertiary/aromatic N) is 2. The molecule has 0 amide bonds. The smallest absolute Gasteiger partial charge is 0.213 e. The van der Waals surface area contributed by atoms with E-state index in [4.69, 9.17) is 8.83 Å². The van der Waals surface area contributed by atoms with Crippen LogP contribution in [0.5, 0.6) is 0 Å². The summed E-state index contributed by atoms with van der Waals surface area (Å²) in [7, 11) is 1.73. The van der Waals surface area contributed by atoms with Gasteiger partial charge in [0.2, 0.25) is 5.89 Å². The predicted octanol–water partition coefficient (Wildman–Crippen LogP) is 3.89. The SMILES string of the molecule is CN=C(NCc1ncc(C(C)(C)C)o1)NCc1oc2ccccc2c1C. The Bertz CT molecular complexity index is 915. The highest BCUT2D eigenvalue weighted by atomic mass is 16.4. The summed E-state index contributed by atoms with van der Waals surface area (Å²) in [6.07, 6.45) is 1.78. The second-order valence-electron chi connectivity index (χ2n) is 7.29. The van der Waals surface area contributed by atoms with Crippen molar-refractivity contribution in [1.82, 2.24) is 15.6 Å². The van der Waals surface area contributed by atoms with Gasteiger partial charge in [-0.2, -0.15) is 0 Å². The Balaban J connectivity index is 1.59. The minimum absolute atomic E-state index is 0.0516. The third kappa shape index (κ3) is 3.90. The number of fused-ring (bicyclic) bond motifs is 1. The minimum atomic E-state index is -0.0516.